The van der Waals surface area contributed by atoms with Crippen LogP contribution >= 0.6 is 22.7 Å². The van der Waals surface area contributed by atoms with E-state index in [-0.39, 0.29) is 5.91 Å². The van der Waals surface area contributed by atoms with Crippen LogP contribution in [-0.2, 0) is 11.2 Å². The number of thiophene rings is 1. The molecule has 3 nitrogen and oxygen atoms in total. The minimum absolute atomic E-state index is 0.158. The molecule has 0 aliphatic rings. The normalized spacial score (nSPS) is 11.0. The Morgan fingerprint density at radius 1 is 1.26 bits per heavy atom. The Morgan fingerprint density at radius 3 is 2.83 bits per heavy atom. The SMILES string of the molecule is Cc1ccc(Cc2cnc(NC(=O)/C=C/c3cccs3)s2)cc1. The van der Waals surface area contributed by atoms with Gasteiger partial charge in [-0.25, -0.2) is 4.98 Å². The maximum atomic E-state index is 11.9. The molecule has 5 heteroatoms. The number of anilines is 1. The van der Waals surface area contributed by atoms with Crippen LogP contribution in [0.3, 0.4) is 0 Å². The molecule has 2 heterocycles. The van der Waals surface area contributed by atoms with Crippen LogP contribution in [0.2, 0.25) is 0 Å². The molecule has 1 aromatic carbocycles. The molecule has 0 unspecified atom stereocenters. The Labute approximate surface area is 143 Å². The summed E-state index contributed by atoms with van der Waals surface area (Å²) in [4.78, 5) is 18.3. The van der Waals surface area contributed by atoms with Crippen molar-refractivity contribution in [2.45, 2.75) is 13.3 Å². The summed E-state index contributed by atoms with van der Waals surface area (Å²) in [6.07, 6.45) is 6.00. The molecule has 0 bridgehead atoms. The zero-order valence-electron chi connectivity index (χ0n) is 12.7. The van der Waals surface area contributed by atoms with E-state index in [4.69, 9.17) is 0 Å². The zero-order valence-corrected chi connectivity index (χ0v) is 14.3. The second-order valence-electron chi connectivity index (χ2n) is 5.13. The number of nitrogens with one attached hydrogen (secondary N) is 1. The summed E-state index contributed by atoms with van der Waals surface area (Å²) >= 11 is 3.11. The van der Waals surface area contributed by atoms with E-state index in [1.807, 2.05) is 23.7 Å². The minimum atomic E-state index is -0.158. The van der Waals surface area contributed by atoms with Crippen molar-refractivity contribution in [2.75, 3.05) is 5.32 Å². The molecule has 23 heavy (non-hydrogen) atoms. The molecule has 0 atom stereocenters. The predicted molar refractivity (Wildman–Crippen MR) is 98.1 cm³/mol. The van der Waals surface area contributed by atoms with Crippen LogP contribution < -0.4 is 5.32 Å². The second-order valence-corrected chi connectivity index (χ2v) is 7.23. The number of aryl methyl sites for hydroxylation is 1. The fourth-order valence-corrected chi connectivity index (χ4v) is 3.51. The quantitative estimate of drug-likeness (QED) is 0.681. The summed E-state index contributed by atoms with van der Waals surface area (Å²) in [6.45, 7) is 2.08. The van der Waals surface area contributed by atoms with Gasteiger partial charge in [0.1, 0.15) is 0 Å². The highest BCUT2D eigenvalue weighted by atomic mass is 32.1. The second kappa shape index (κ2) is 7.35. The predicted octanol–water partition coefficient (Wildman–Crippen LogP) is 4.76. The highest BCUT2D eigenvalue weighted by molar-refractivity contribution is 7.15. The van der Waals surface area contributed by atoms with E-state index in [1.54, 1.807) is 17.4 Å². The van der Waals surface area contributed by atoms with E-state index in [0.29, 0.717) is 5.13 Å². The lowest BCUT2D eigenvalue weighted by Crippen LogP contribution is -2.06. The summed E-state index contributed by atoms with van der Waals surface area (Å²) < 4.78 is 0. The number of nitrogens with zero attached hydrogens (tertiary/aromatic N) is 1. The topological polar surface area (TPSA) is 42.0 Å². The third-order valence-corrected chi connectivity index (χ3v) is 4.98. The lowest BCUT2D eigenvalue weighted by molar-refractivity contribution is -0.111. The van der Waals surface area contributed by atoms with Crippen molar-refractivity contribution < 1.29 is 4.79 Å². The molecule has 0 aliphatic heterocycles. The number of carbonyl (C=O) groups is 1. The summed E-state index contributed by atoms with van der Waals surface area (Å²) in [5, 5.41) is 5.42. The highest BCUT2D eigenvalue weighted by Gasteiger charge is 2.05. The minimum Gasteiger partial charge on any atom is -0.298 e. The van der Waals surface area contributed by atoms with Gasteiger partial charge in [-0.3, -0.25) is 10.1 Å². The van der Waals surface area contributed by atoms with E-state index in [1.165, 1.54) is 28.5 Å². The average molecular weight is 340 g/mol. The number of hydrogen-bond acceptors (Lipinski definition) is 4. The summed E-state index contributed by atoms with van der Waals surface area (Å²) in [5.74, 6) is -0.158. The molecule has 0 saturated carbocycles. The van der Waals surface area contributed by atoms with Crippen LogP contribution in [-0.4, -0.2) is 10.9 Å². The van der Waals surface area contributed by atoms with Crippen LogP contribution in [0.1, 0.15) is 20.9 Å². The first-order valence-corrected chi connectivity index (χ1v) is 8.91. The molecular weight excluding hydrogens is 324 g/mol. The first-order valence-electron chi connectivity index (χ1n) is 7.22. The molecule has 1 amide bonds. The largest absolute Gasteiger partial charge is 0.298 e. The van der Waals surface area contributed by atoms with Crippen molar-refractivity contribution in [3.63, 3.8) is 0 Å². The Hall–Kier alpha value is -2.24. The van der Waals surface area contributed by atoms with Gasteiger partial charge in [0.15, 0.2) is 5.13 Å². The van der Waals surface area contributed by atoms with Gasteiger partial charge in [0.2, 0.25) is 5.91 Å². The molecular formula is C18H16N2OS2. The maximum Gasteiger partial charge on any atom is 0.250 e. The molecule has 0 aliphatic carbocycles. The van der Waals surface area contributed by atoms with Crippen molar-refractivity contribution in [2.24, 2.45) is 0 Å². The third-order valence-electron chi connectivity index (χ3n) is 3.22. The van der Waals surface area contributed by atoms with E-state index in [0.717, 1.165) is 16.2 Å². The van der Waals surface area contributed by atoms with Gasteiger partial charge in [-0.2, -0.15) is 0 Å². The Kier molecular flexibility index (Phi) is 5.00. The summed E-state index contributed by atoms with van der Waals surface area (Å²) in [5.41, 5.74) is 2.50. The number of thiazole rings is 1. The molecule has 116 valence electrons. The van der Waals surface area contributed by atoms with Gasteiger partial charge in [-0.1, -0.05) is 35.9 Å². The summed E-state index contributed by atoms with van der Waals surface area (Å²) in [6, 6.07) is 12.4. The lowest BCUT2D eigenvalue weighted by Gasteiger charge is -1.99. The first kappa shape index (κ1) is 15.6. The molecule has 0 fully saturated rings. The van der Waals surface area contributed by atoms with E-state index in [9.17, 15) is 4.79 Å². The van der Waals surface area contributed by atoms with Crippen LogP contribution in [0.25, 0.3) is 6.08 Å². The highest BCUT2D eigenvalue weighted by Crippen LogP contribution is 2.21. The number of amides is 1. The number of aromatic nitrogens is 1. The molecule has 2 aromatic heterocycles. The van der Waals surface area contributed by atoms with Crippen LogP contribution in [0.15, 0.2) is 54.1 Å². The summed E-state index contributed by atoms with van der Waals surface area (Å²) in [7, 11) is 0. The molecule has 3 rings (SSSR count). The Bertz CT molecular complexity index is 802. The smallest absolute Gasteiger partial charge is 0.250 e. The van der Waals surface area contributed by atoms with Crippen LogP contribution in [0, 0.1) is 6.92 Å². The third kappa shape index (κ3) is 4.61. The average Bonchev–Trinajstić information content (AvgIpc) is 3.20. The standard InChI is InChI=1S/C18H16N2OS2/c1-13-4-6-14(7-5-13)11-16-12-19-18(23-16)20-17(21)9-8-15-3-2-10-22-15/h2-10,12H,11H2,1H3,(H,19,20,21)/b9-8+. The first-order chi connectivity index (χ1) is 11.2. The zero-order chi connectivity index (χ0) is 16.1. The van der Waals surface area contributed by atoms with Gasteiger partial charge >= 0.3 is 0 Å². The Morgan fingerprint density at radius 2 is 2.09 bits per heavy atom. The van der Waals surface area contributed by atoms with Crippen LogP contribution in [0.4, 0.5) is 5.13 Å². The molecule has 0 saturated heterocycles. The van der Waals surface area contributed by atoms with E-state index in [2.05, 4.69) is 41.5 Å². The fourth-order valence-electron chi connectivity index (χ4n) is 2.05. The molecule has 3 aromatic rings. The number of rotatable bonds is 5. The number of carbonyl (C=O) groups excluding carboxylic acids is 1. The van der Waals surface area contributed by atoms with Gasteiger partial charge in [-0.05, 0) is 30.0 Å². The monoisotopic (exact) mass is 340 g/mol. The fraction of sp³-hybridized carbons (Fsp3) is 0.111. The van der Waals surface area contributed by atoms with Gasteiger partial charge in [0.25, 0.3) is 0 Å². The van der Waals surface area contributed by atoms with Crippen molar-refractivity contribution in [3.8, 4) is 0 Å². The van der Waals surface area contributed by atoms with Crippen molar-refractivity contribution >= 4 is 39.8 Å². The number of hydrogen-bond donors (Lipinski definition) is 1. The number of benzene rings is 1. The van der Waals surface area contributed by atoms with E-state index >= 15 is 0 Å². The van der Waals surface area contributed by atoms with Crippen molar-refractivity contribution in [1.29, 1.82) is 0 Å². The molecule has 1 N–H and O–H groups in total. The van der Waals surface area contributed by atoms with Crippen LogP contribution in [0.5, 0.6) is 0 Å². The molecule has 0 spiro atoms. The maximum absolute atomic E-state index is 11.9. The Balaban J connectivity index is 1.58. The lowest BCUT2D eigenvalue weighted by atomic mass is 10.1. The van der Waals surface area contributed by atoms with Gasteiger partial charge < -0.3 is 0 Å². The van der Waals surface area contributed by atoms with Gasteiger partial charge in [0, 0.05) is 28.4 Å². The van der Waals surface area contributed by atoms with E-state index < -0.39 is 0 Å². The van der Waals surface area contributed by atoms with Crippen molar-refractivity contribution in [3.05, 3.63) is 74.9 Å². The van der Waals surface area contributed by atoms with Crippen molar-refractivity contribution in [1.82, 2.24) is 4.98 Å². The van der Waals surface area contributed by atoms with Gasteiger partial charge in [0.05, 0.1) is 0 Å². The van der Waals surface area contributed by atoms with Gasteiger partial charge in [-0.15, -0.1) is 22.7 Å². The molecule has 0 radical (unpaired) electrons.